The van der Waals surface area contributed by atoms with Crippen LogP contribution in [0.25, 0.3) is 0 Å². The first-order valence-corrected chi connectivity index (χ1v) is 10.0. The number of nitrogens with zero attached hydrogens (tertiary/aromatic N) is 1. The fourth-order valence-electron chi connectivity index (χ4n) is 4.50. The third-order valence-electron chi connectivity index (χ3n) is 5.94. The molecule has 4 heteroatoms. The lowest BCUT2D eigenvalue weighted by molar-refractivity contribution is -0.136. The Kier molecular flexibility index (Phi) is 5.17. The van der Waals surface area contributed by atoms with Crippen LogP contribution in [0.1, 0.15) is 42.9 Å². The molecule has 1 spiro atoms. The highest BCUT2D eigenvalue weighted by Crippen LogP contribution is 2.36. The summed E-state index contributed by atoms with van der Waals surface area (Å²) in [5.74, 6) is 1.08. The second-order valence-electron chi connectivity index (χ2n) is 7.62. The van der Waals surface area contributed by atoms with Gasteiger partial charge in [0, 0.05) is 19.5 Å². The molecule has 2 aromatic carbocycles. The summed E-state index contributed by atoms with van der Waals surface area (Å²) in [4.78, 5) is 15.6. The molecule has 1 fully saturated rings. The Hall–Kier alpha value is -2.33. The average Bonchev–Trinajstić information content (AvgIpc) is 2.83. The topological polar surface area (TPSA) is 41.6 Å². The molecule has 142 valence electrons. The van der Waals surface area contributed by atoms with Crippen molar-refractivity contribution in [3.63, 3.8) is 0 Å². The molecule has 0 aliphatic carbocycles. The molecular formula is C23H28N2O2. The Morgan fingerprint density at radius 3 is 2.63 bits per heavy atom. The molecule has 2 aliphatic rings. The van der Waals surface area contributed by atoms with Crippen LogP contribution in [0.3, 0.4) is 0 Å². The Morgan fingerprint density at radius 2 is 1.85 bits per heavy atom. The molecule has 1 saturated heterocycles. The van der Waals surface area contributed by atoms with Gasteiger partial charge in [0.05, 0.1) is 6.61 Å². The highest BCUT2D eigenvalue weighted by Gasteiger charge is 2.46. The summed E-state index contributed by atoms with van der Waals surface area (Å²) in [6, 6.07) is 16.8. The van der Waals surface area contributed by atoms with Crippen LogP contribution in [0, 0.1) is 0 Å². The number of benzene rings is 2. The predicted molar refractivity (Wildman–Crippen MR) is 107 cm³/mol. The van der Waals surface area contributed by atoms with E-state index < -0.39 is 5.54 Å². The van der Waals surface area contributed by atoms with Crippen molar-refractivity contribution in [3.05, 3.63) is 65.2 Å². The number of amides is 1. The van der Waals surface area contributed by atoms with Gasteiger partial charge in [0.25, 0.3) is 0 Å². The molecule has 2 aromatic rings. The minimum atomic E-state index is -0.441. The Labute approximate surface area is 161 Å². The lowest BCUT2D eigenvalue weighted by atomic mass is 9.80. The van der Waals surface area contributed by atoms with Gasteiger partial charge in [-0.3, -0.25) is 9.69 Å². The molecule has 1 unspecified atom stereocenters. The van der Waals surface area contributed by atoms with E-state index in [0.717, 1.165) is 44.5 Å². The van der Waals surface area contributed by atoms with E-state index in [-0.39, 0.29) is 5.91 Å². The van der Waals surface area contributed by atoms with Crippen molar-refractivity contribution >= 4 is 5.91 Å². The monoisotopic (exact) mass is 364 g/mol. The zero-order chi connectivity index (χ0) is 18.7. The second kappa shape index (κ2) is 7.73. The number of hydrogen-bond acceptors (Lipinski definition) is 3. The van der Waals surface area contributed by atoms with Crippen LogP contribution in [0.2, 0.25) is 0 Å². The zero-order valence-electron chi connectivity index (χ0n) is 16.0. The first-order chi connectivity index (χ1) is 13.2. The molecular weight excluding hydrogens is 336 g/mol. The Morgan fingerprint density at radius 1 is 1.07 bits per heavy atom. The normalized spacial score (nSPS) is 22.8. The van der Waals surface area contributed by atoms with Crippen molar-refractivity contribution in [3.8, 4) is 5.75 Å². The number of carbonyl (C=O) groups excluding carboxylic acids is 1. The number of nitrogens with one attached hydrogen (secondary N) is 1. The maximum absolute atomic E-state index is 13.2. The summed E-state index contributed by atoms with van der Waals surface area (Å²) in [5, 5.41) is 3.20. The van der Waals surface area contributed by atoms with E-state index in [9.17, 15) is 4.79 Å². The molecule has 0 radical (unpaired) electrons. The van der Waals surface area contributed by atoms with Crippen LogP contribution in [-0.4, -0.2) is 29.5 Å². The van der Waals surface area contributed by atoms with Gasteiger partial charge in [-0.2, -0.15) is 0 Å². The van der Waals surface area contributed by atoms with Crippen molar-refractivity contribution in [1.29, 1.82) is 0 Å². The largest absolute Gasteiger partial charge is 0.494 e. The van der Waals surface area contributed by atoms with Crippen molar-refractivity contribution in [2.75, 3.05) is 13.2 Å². The van der Waals surface area contributed by atoms with Gasteiger partial charge in [0.1, 0.15) is 11.3 Å². The van der Waals surface area contributed by atoms with Crippen molar-refractivity contribution in [1.82, 2.24) is 10.2 Å². The molecule has 2 heterocycles. The highest BCUT2D eigenvalue weighted by atomic mass is 16.5. The van der Waals surface area contributed by atoms with Gasteiger partial charge >= 0.3 is 0 Å². The van der Waals surface area contributed by atoms with E-state index >= 15 is 0 Å². The van der Waals surface area contributed by atoms with Crippen LogP contribution in [0.15, 0.2) is 48.5 Å². The van der Waals surface area contributed by atoms with Gasteiger partial charge in [0.2, 0.25) is 5.91 Å². The summed E-state index contributed by atoms with van der Waals surface area (Å²) in [6.45, 7) is 5.06. The number of piperidine rings is 1. The molecule has 4 nitrogen and oxygen atoms in total. The maximum Gasteiger partial charge on any atom is 0.241 e. The molecule has 0 aromatic heterocycles. The van der Waals surface area contributed by atoms with Crippen molar-refractivity contribution < 1.29 is 9.53 Å². The lowest BCUT2D eigenvalue weighted by Crippen LogP contribution is -2.60. The maximum atomic E-state index is 13.2. The molecule has 1 amide bonds. The summed E-state index contributed by atoms with van der Waals surface area (Å²) in [6.07, 6.45) is 3.97. The second-order valence-corrected chi connectivity index (χ2v) is 7.62. The Balaban J connectivity index is 1.62. The van der Waals surface area contributed by atoms with Gasteiger partial charge in [-0.05, 0) is 61.6 Å². The molecule has 0 saturated carbocycles. The predicted octanol–water partition coefficient (Wildman–Crippen LogP) is 3.68. The van der Waals surface area contributed by atoms with E-state index in [4.69, 9.17) is 4.74 Å². The van der Waals surface area contributed by atoms with Crippen molar-refractivity contribution in [2.45, 2.75) is 51.2 Å². The van der Waals surface area contributed by atoms with E-state index in [1.807, 2.05) is 19.1 Å². The first-order valence-electron chi connectivity index (χ1n) is 10.0. The van der Waals surface area contributed by atoms with Crippen LogP contribution in [0.4, 0.5) is 0 Å². The fourth-order valence-corrected chi connectivity index (χ4v) is 4.50. The summed E-state index contributed by atoms with van der Waals surface area (Å²) < 4.78 is 5.56. The van der Waals surface area contributed by atoms with E-state index in [2.05, 4.69) is 46.6 Å². The molecule has 1 N–H and O–H groups in total. The van der Waals surface area contributed by atoms with Crippen LogP contribution in [-0.2, 0) is 24.3 Å². The molecule has 1 atom stereocenters. The zero-order valence-corrected chi connectivity index (χ0v) is 16.0. The minimum absolute atomic E-state index is 0.185. The average molecular weight is 364 g/mol. The number of hydrogen-bond donors (Lipinski definition) is 1. The van der Waals surface area contributed by atoms with E-state index in [1.165, 1.54) is 16.7 Å². The van der Waals surface area contributed by atoms with Crippen LogP contribution in [0.5, 0.6) is 5.75 Å². The SMILES string of the molecule is CCOc1ccc(CN2CCCCC23Cc2ccccc2CNC3=O)cc1. The third kappa shape index (κ3) is 3.59. The molecule has 27 heavy (non-hydrogen) atoms. The number of likely N-dealkylation sites (tertiary alicyclic amines) is 1. The smallest absolute Gasteiger partial charge is 0.241 e. The van der Waals surface area contributed by atoms with Crippen molar-refractivity contribution in [2.24, 2.45) is 0 Å². The van der Waals surface area contributed by atoms with Gasteiger partial charge in [-0.1, -0.05) is 36.4 Å². The lowest BCUT2D eigenvalue weighted by Gasteiger charge is -2.45. The standard InChI is InChI=1S/C23H28N2O2/c1-2-27-21-11-9-18(10-12-21)17-25-14-6-5-13-23(25)15-19-7-3-4-8-20(19)16-24-22(23)26/h3-4,7-12H,2,5-6,13-17H2,1H3,(H,24,26). The summed E-state index contributed by atoms with van der Waals surface area (Å²) in [7, 11) is 0. The minimum Gasteiger partial charge on any atom is -0.494 e. The number of ether oxygens (including phenoxy) is 1. The molecule has 0 bridgehead atoms. The summed E-state index contributed by atoms with van der Waals surface area (Å²) in [5.41, 5.74) is 3.33. The first kappa shape index (κ1) is 18.1. The van der Waals surface area contributed by atoms with Crippen LogP contribution < -0.4 is 10.1 Å². The van der Waals surface area contributed by atoms with Gasteiger partial charge < -0.3 is 10.1 Å². The van der Waals surface area contributed by atoms with Gasteiger partial charge in [-0.25, -0.2) is 0 Å². The fraction of sp³-hybridized carbons (Fsp3) is 0.435. The summed E-state index contributed by atoms with van der Waals surface area (Å²) >= 11 is 0. The highest BCUT2D eigenvalue weighted by molar-refractivity contribution is 5.87. The third-order valence-corrected chi connectivity index (χ3v) is 5.94. The quantitative estimate of drug-likeness (QED) is 0.900. The molecule has 2 aliphatic heterocycles. The van der Waals surface area contributed by atoms with E-state index in [0.29, 0.717) is 13.2 Å². The number of rotatable bonds is 4. The number of carbonyl (C=O) groups is 1. The van der Waals surface area contributed by atoms with Gasteiger partial charge in [0.15, 0.2) is 0 Å². The van der Waals surface area contributed by atoms with Crippen LogP contribution >= 0.6 is 0 Å². The van der Waals surface area contributed by atoms with Gasteiger partial charge in [-0.15, -0.1) is 0 Å². The van der Waals surface area contributed by atoms with E-state index in [1.54, 1.807) is 0 Å². The Bertz CT molecular complexity index is 802. The number of fused-ring (bicyclic) bond motifs is 1. The molecule has 4 rings (SSSR count).